The second kappa shape index (κ2) is 8.98. The molecule has 0 bridgehead atoms. The summed E-state index contributed by atoms with van der Waals surface area (Å²) in [5, 5.41) is -1.65. The van der Waals surface area contributed by atoms with Crippen molar-refractivity contribution in [2.24, 2.45) is 0 Å². The maximum Gasteiger partial charge on any atom is 0.200 e. The lowest BCUT2D eigenvalue weighted by atomic mass is 9.67. The third kappa shape index (κ3) is 5.14. The molecule has 2 radical (unpaired) electrons. The largest absolute Gasteiger partial charge is 0.203 e. The predicted octanol–water partition coefficient (Wildman–Crippen LogP) is 5.23. The van der Waals surface area contributed by atoms with Crippen LogP contribution in [-0.2, 0) is 5.31 Å². The molecule has 0 aromatic heterocycles. The molecule has 0 aliphatic heterocycles. The molecule has 0 amide bonds. The van der Waals surface area contributed by atoms with Crippen LogP contribution in [0.2, 0.25) is 0 Å². The quantitative estimate of drug-likeness (QED) is 0.288. The van der Waals surface area contributed by atoms with E-state index >= 15 is 0 Å². The Balaban J connectivity index is 0. The van der Waals surface area contributed by atoms with Crippen LogP contribution in [0, 0.1) is 29.1 Å². The maximum atomic E-state index is 13.1. The van der Waals surface area contributed by atoms with Crippen molar-refractivity contribution < 1.29 is 22.0 Å². The molecule has 0 atom stereocenters. The lowest BCUT2D eigenvalue weighted by Gasteiger charge is -2.21. The van der Waals surface area contributed by atoms with Gasteiger partial charge in [0.05, 0.1) is 7.85 Å². The molecule has 0 N–H and O–H groups in total. The minimum atomic E-state index is -2.18. The first-order valence-electron chi connectivity index (χ1n) is 6.40. The van der Waals surface area contributed by atoms with Crippen LogP contribution in [0.5, 0.6) is 0 Å². The molecular weight excluding hydrogens is 274 g/mol. The van der Waals surface area contributed by atoms with E-state index in [9.17, 15) is 22.0 Å². The summed E-state index contributed by atoms with van der Waals surface area (Å²) in [6.07, 6.45) is 1.25. The monoisotopic (exact) mass is 294 g/mol. The van der Waals surface area contributed by atoms with E-state index in [1.807, 2.05) is 13.8 Å². The summed E-state index contributed by atoms with van der Waals surface area (Å²) >= 11 is 0. The van der Waals surface area contributed by atoms with Crippen LogP contribution in [0.1, 0.15) is 53.5 Å². The second-order valence-electron chi connectivity index (χ2n) is 4.37. The average Bonchev–Trinajstić information content (AvgIpc) is 2.36. The molecule has 0 heterocycles. The highest BCUT2D eigenvalue weighted by atomic mass is 19.2. The molecule has 1 aromatic carbocycles. The van der Waals surface area contributed by atoms with Gasteiger partial charge in [-0.2, -0.15) is 0 Å². The summed E-state index contributed by atoms with van der Waals surface area (Å²) < 4.78 is 64.2. The van der Waals surface area contributed by atoms with E-state index in [0.717, 1.165) is 13.8 Å². The minimum absolute atomic E-state index is 1.01. The Hall–Kier alpha value is -1.07. The average molecular weight is 294 g/mol. The molecule has 0 aliphatic rings. The fourth-order valence-electron chi connectivity index (χ4n) is 1.17. The third-order valence-electron chi connectivity index (χ3n) is 1.85. The molecule has 0 aliphatic carbocycles. The number of hydrogen-bond donors (Lipinski definition) is 0. The smallest absolute Gasteiger partial charge is 0.200 e. The standard InChI is InChI=1S/C9H6BF5.C3H8.C2H6/c1-9(2,10)3-4(11)6(13)8(15)7(14)5(3)12;1-3-2;1-2/h1-2H3;3H2,1-2H3;1-2H3. The topological polar surface area (TPSA) is 0 Å². The maximum absolute atomic E-state index is 13.1. The Bertz CT molecular complexity index is 396. The highest BCUT2D eigenvalue weighted by Crippen LogP contribution is 2.30. The van der Waals surface area contributed by atoms with Crippen molar-refractivity contribution in [1.82, 2.24) is 0 Å². The highest BCUT2D eigenvalue weighted by molar-refractivity contribution is 6.15. The third-order valence-corrected chi connectivity index (χ3v) is 1.85. The van der Waals surface area contributed by atoms with Gasteiger partial charge in [-0.1, -0.05) is 48.0 Å². The van der Waals surface area contributed by atoms with Crippen LogP contribution in [0.3, 0.4) is 0 Å². The molecule has 1 aromatic rings. The summed E-state index contributed by atoms with van der Waals surface area (Å²) in [4.78, 5) is 0. The van der Waals surface area contributed by atoms with E-state index in [1.165, 1.54) is 6.42 Å². The first-order chi connectivity index (χ1) is 9.09. The lowest BCUT2D eigenvalue weighted by Crippen LogP contribution is -2.23. The molecule has 20 heavy (non-hydrogen) atoms. The zero-order valence-corrected chi connectivity index (χ0v) is 12.7. The van der Waals surface area contributed by atoms with Crippen molar-refractivity contribution in [1.29, 1.82) is 0 Å². The Morgan fingerprint density at radius 3 is 1.15 bits per heavy atom. The Morgan fingerprint density at radius 1 is 0.750 bits per heavy atom. The minimum Gasteiger partial charge on any atom is -0.203 e. The number of halogens is 5. The molecule has 114 valence electrons. The molecule has 0 saturated heterocycles. The van der Waals surface area contributed by atoms with Gasteiger partial charge in [-0.3, -0.25) is 0 Å². The Kier molecular flexibility index (Phi) is 9.53. The SMILES string of the molecule is CC.CCC.[B]C(C)(C)c1c(F)c(F)c(F)c(F)c1F. The molecule has 0 fully saturated rings. The Labute approximate surface area is 118 Å². The van der Waals surface area contributed by atoms with Gasteiger partial charge in [0.1, 0.15) is 0 Å². The highest BCUT2D eigenvalue weighted by Gasteiger charge is 2.31. The summed E-state index contributed by atoms with van der Waals surface area (Å²) in [6, 6.07) is 0. The van der Waals surface area contributed by atoms with Crippen molar-refractivity contribution in [3.63, 3.8) is 0 Å². The molecule has 0 unspecified atom stereocenters. The number of hydrogen-bond acceptors (Lipinski definition) is 0. The van der Waals surface area contributed by atoms with Gasteiger partial charge in [0.2, 0.25) is 5.82 Å². The van der Waals surface area contributed by atoms with Gasteiger partial charge >= 0.3 is 0 Å². The van der Waals surface area contributed by atoms with Gasteiger partial charge in [0, 0.05) is 5.56 Å². The molecule has 0 nitrogen and oxygen atoms in total. The van der Waals surface area contributed by atoms with Crippen LogP contribution in [0.4, 0.5) is 22.0 Å². The zero-order valence-electron chi connectivity index (χ0n) is 12.7. The van der Waals surface area contributed by atoms with Crippen molar-refractivity contribution in [3.05, 3.63) is 34.6 Å². The number of benzene rings is 1. The van der Waals surface area contributed by atoms with Crippen molar-refractivity contribution in [2.45, 2.75) is 53.3 Å². The molecular formula is C14H20BF5. The van der Waals surface area contributed by atoms with Crippen molar-refractivity contribution >= 4 is 7.85 Å². The van der Waals surface area contributed by atoms with Crippen LogP contribution in [0.25, 0.3) is 0 Å². The van der Waals surface area contributed by atoms with Gasteiger partial charge in [-0.15, -0.1) is 0 Å². The van der Waals surface area contributed by atoms with E-state index in [2.05, 4.69) is 13.8 Å². The molecule has 1 rings (SSSR count). The van der Waals surface area contributed by atoms with Crippen molar-refractivity contribution in [3.8, 4) is 0 Å². The van der Waals surface area contributed by atoms with Gasteiger partial charge < -0.3 is 0 Å². The van der Waals surface area contributed by atoms with Crippen LogP contribution >= 0.6 is 0 Å². The molecule has 0 saturated carbocycles. The van der Waals surface area contributed by atoms with Gasteiger partial charge in [-0.05, 0) is 5.31 Å². The normalized spacial score (nSPS) is 10.2. The van der Waals surface area contributed by atoms with E-state index in [4.69, 9.17) is 7.85 Å². The van der Waals surface area contributed by atoms with E-state index < -0.39 is 40.0 Å². The van der Waals surface area contributed by atoms with Crippen LogP contribution in [-0.4, -0.2) is 7.85 Å². The summed E-state index contributed by atoms with van der Waals surface area (Å²) in [5.74, 6) is -9.93. The van der Waals surface area contributed by atoms with Crippen LogP contribution in [0.15, 0.2) is 0 Å². The zero-order chi connectivity index (χ0) is 16.7. The van der Waals surface area contributed by atoms with Gasteiger partial charge in [-0.25, -0.2) is 22.0 Å². The second-order valence-corrected chi connectivity index (χ2v) is 4.37. The fourth-order valence-corrected chi connectivity index (χ4v) is 1.17. The molecule has 6 heteroatoms. The number of rotatable bonds is 1. The summed E-state index contributed by atoms with van der Waals surface area (Å²) in [7, 11) is 5.31. The molecule has 0 spiro atoms. The fraction of sp³-hybridized carbons (Fsp3) is 0.571. The first kappa shape index (κ1) is 21.2. The first-order valence-corrected chi connectivity index (χ1v) is 6.40. The Morgan fingerprint density at radius 2 is 0.950 bits per heavy atom. The predicted molar refractivity (Wildman–Crippen MR) is 72.3 cm³/mol. The lowest BCUT2D eigenvalue weighted by molar-refractivity contribution is 0.363. The van der Waals surface area contributed by atoms with E-state index in [1.54, 1.807) is 0 Å². The van der Waals surface area contributed by atoms with E-state index in [0.29, 0.717) is 0 Å². The van der Waals surface area contributed by atoms with E-state index in [-0.39, 0.29) is 0 Å². The summed E-state index contributed by atoms with van der Waals surface area (Å²) in [6.45, 7) is 10.5. The van der Waals surface area contributed by atoms with Crippen molar-refractivity contribution in [2.75, 3.05) is 0 Å². The summed E-state index contributed by atoms with van der Waals surface area (Å²) in [5.41, 5.74) is -1.01. The van der Waals surface area contributed by atoms with Gasteiger partial charge in [0.25, 0.3) is 0 Å². The van der Waals surface area contributed by atoms with Crippen LogP contribution < -0.4 is 0 Å². The van der Waals surface area contributed by atoms with Gasteiger partial charge in [0.15, 0.2) is 23.3 Å².